The Morgan fingerprint density at radius 2 is 1.88 bits per heavy atom. The molecule has 0 spiro atoms. The van der Waals surface area contributed by atoms with Gasteiger partial charge in [0, 0.05) is 12.8 Å². The van der Waals surface area contributed by atoms with Crippen molar-refractivity contribution >= 4 is 5.97 Å². The fourth-order valence-corrected chi connectivity index (χ4v) is 2.37. The average Bonchev–Trinajstić information content (AvgIpc) is 2.66. The Morgan fingerprint density at radius 1 is 1.35 bits per heavy atom. The van der Waals surface area contributed by atoms with Gasteiger partial charge in [-0.2, -0.15) is 0 Å². The van der Waals surface area contributed by atoms with E-state index in [1.165, 1.54) is 0 Å². The van der Waals surface area contributed by atoms with Crippen molar-refractivity contribution in [2.24, 2.45) is 5.92 Å². The summed E-state index contributed by atoms with van der Waals surface area (Å²) >= 11 is 0. The van der Waals surface area contributed by atoms with Crippen LogP contribution in [0.3, 0.4) is 0 Å². The van der Waals surface area contributed by atoms with Crippen LogP contribution in [0.4, 0.5) is 0 Å². The van der Waals surface area contributed by atoms with E-state index in [0.29, 0.717) is 18.8 Å². The van der Waals surface area contributed by atoms with Crippen LogP contribution < -0.4 is 5.32 Å². The number of rotatable bonds is 4. The van der Waals surface area contributed by atoms with Gasteiger partial charge in [0.1, 0.15) is 5.54 Å². The summed E-state index contributed by atoms with van der Waals surface area (Å²) in [5.41, 5.74) is 1.52. The van der Waals surface area contributed by atoms with Crippen LogP contribution in [0.15, 0.2) is 24.3 Å². The summed E-state index contributed by atoms with van der Waals surface area (Å²) in [6.07, 6.45) is 1.18. The number of fused-ring (bicyclic) bond motifs is 1. The molecule has 0 aliphatic heterocycles. The van der Waals surface area contributed by atoms with Gasteiger partial charge in [-0.1, -0.05) is 38.1 Å². The Hall–Kier alpha value is -1.35. The second kappa shape index (κ2) is 4.49. The van der Waals surface area contributed by atoms with Crippen molar-refractivity contribution in [1.82, 2.24) is 5.32 Å². The molecule has 1 aliphatic carbocycles. The van der Waals surface area contributed by atoms with E-state index in [-0.39, 0.29) is 0 Å². The Labute approximate surface area is 102 Å². The summed E-state index contributed by atoms with van der Waals surface area (Å²) in [4.78, 5) is 11.5. The van der Waals surface area contributed by atoms with Crippen LogP contribution >= 0.6 is 0 Å². The van der Waals surface area contributed by atoms with E-state index >= 15 is 0 Å². The number of carboxylic acids is 1. The van der Waals surface area contributed by atoms with Crippen molar-refractivity contribution in [2.45, 2.75) is 32.2 Å². The van der Waals surface area contributed by atoms with Crippen LogP contribution in [0, 0.1) is 5.92 Å². The van der Waals surface area contributed by atoms with Crippen LogP contribution in [0.25, 0.3) is 0 Å². The molecule has 0 amide bonds. The molecule has 3 nitrogen and oxygen atoms in total. The minimum atomic E-state index is -0.798. The third-order valence-electron chi connectivity index (χ3n) is 3.36. The van der Waals surface area contributed by atoms with Crippen LogP contribution in [-0.2, 0) is 17.6 Å². The van der Waals surface area contributed by atoms with Crippen LogP contribution in [0.5, 0.6) is 0 Å². The first-order valence-electron chi connectivity index (χ1n) is 6.09. The van der Waals surface area contributed by atoms with Crippen molar-refractivity contribution < 1.29 is 9.90 Å². The number of nitrogens with one attached hydrogen (secondary N) is 1. The number of hydrogen-bond donors (Lipinski definition) is 2. The van der Waals surface area contributed by atoms with Crippen LogP contribution in [0.2, 0.25) is 0 Å². The highest BCUT2D eigenvalue weighted by Gasteiger charge is 2.43. The second-order valence-corrected chi connectivity index (χ2v) is 5.28. The van der Waals surface area contributed by atoms with E-state index in [1.54, 1.807) is 0 Å². The predicted molar refractivity (Wildman–Crippen MR) is 67.1 cm³/mol. The van der Waals surface area contributed by atoms with E-state index in [4.69, 9.17) is 0 Å². The van der Waals surface area contributed by atoms with Gasteiger partial charge in [-0.15, -0.1) is 0 Å². The number of benzene rings is 1. The van der Waals surface area contributed by atoms with E-state index in [0.717, 1.165) is 17.7 Å². The van der Waals surface area contributed by atoms with Crippen LogP contribution in [0.1, 0.15) is 25.0 Å². The maximum absolute atomic E-state index is 11.5. The SMILES string of the molecule is CC(C)CNC1(C(=O)O)Cc2ccccc2C1. The van der Waals surface area contributed by atoms with Crippen molar-refractivity contribution in [3.05, 3.63) is 35.4 Å². The molecule has 17 heavy (non-hydrogen) atoms. The normalized spacial score (nSPS) is 17.1. The Balaban J connectivity index is 2.20. The Morgan fingerprint density at radius 3 is 2.29 bits per heavy atom. The van der Waals surface area contributed by atoms with Gasteiger partial charge in [-0.3, -0.25) is 4.79 Å². The fourth-order valence-electron chi connectivity index (χ4n) is 2.37. The zero-order valence-electron chi connectivity index (χ0n) is 10.4. The first-order valence-corrected chi connectivity index (χ1v) is 6.09. The number of carboxylic acid groups (broad SMARTS) is 1. The molecular weight excluding hydrogens is 214 g/mol. The second-order valence-electron chi connectivity index (χ2n) is 5.28. The minimum Gasteiger partial charge on any atom is -0.480 e. The molecule has 1 aromatic rings. The molecule has 1 aromatic carbocycles. The van der Waals surface area contributed by atoms with Gasteiger partial charge in [0.2, 0.25) is 0 Å². The lowest BCUT2D eigenvalue weighted by atomic mass is 9.95. The maximum atomic E-state index is 11.5. The lowest BCUT2D eigenvalue weighted by Crippen LogP contribution is -2.54. The first-order chi connectivity index (χ1) is 8.03. The van der Waals surface area contributed by atoms with Crippen molar-refractivity contribution in [3.63, 3.8) is 0 Å². The Bertz CT molecular complexity index is 401. The summed E-state index contributed by atoms with van der Waals surface area (Å²) in [5.74, 6) is -0.288. The van der Waals surface area contributed by atoms with Gasteiger partial charge < -0.3 is 10.4 Å². The molecule has 2 rings (SSSR count). The number of carbonyl (C=O) groups is 1. The van der Waals surface area contributed by atoms with Crippen molar-refractivity contribution in [1.29, 1.82) is 0 Å². The lowest BCUT2D eigenvalue weighted by molar-refractivity contribution is -0.144. The van der Waals surface area contributed by atoms with Gasteiger partial charge in [0.05, 0.1) is 0 Å². The molecule has 0 fully saturated rings. The van der Waals surface area contributed by atoms with E-state index in [1.807, 2.05) is 24.3 Å². The quantitative estimate of drug-likeness (QED) is 0.834. The lowest BCUT2D eigenvalue weighted by Gasteiger charge is -2.26. The monoisotopic (exact) mass is 233 g/mol. The van der Waals surface area contributed by atoms with Gasteiger partial charge in [-0.25, -0.2) is 0 Å². The van der Waals surface area contributed by atoms with E-state index in [2.05, 4.69) is 19.2 Å². The molecule has 0 unspecified atom stereocenters. The summed E-state index contributed by atoms with van der Waals surface area (Å²) in [7, 11) is 0. The molecule has 0 saturated heterocycles. The molecule has 0 radical (unpaired) electrons. The van der Waals surface area contributed by atoms with Gasteiger partial charge in [0.25, 0.3) is 0 Å². The van der Waals surface area contributed by atoms with E-state index in [9.17, 15) is 9.90 Å². The third kappa shape index (κ3) is 2.34. The zero-order chi connectivity index (χ0) is 12.5. The summed E-state index contributed by atoms with van der Waals surface area (Å²) in [6, 6.07) is 7.99. The van der Waals surface area contributed by atoms with Crippen molar-refractivity contribution in [2.75, 3.05) is 6.54 Å². The van der Waals surface area contributed by atoms with Gasteiger partial charge >= 0.3 is 5.97 Å². The standard InChI is InChI=1S/C14H19NO2/c1-10(2)9-15-14(13(16)17)7-11-5-3-4-6-12(11)8-14/h3-6,10,15H,7-9H2,1-2H3,(H,16,17). The first kappa shape index (κ1) is 12.1. The van der Waals surface area contributed by atoms with Crippen LogP contribution in [-0.4, -0.2) is 23.2 Å². The van der Waals surface area contributed by atoms with Gasteiger partial charge in [-0.05, 0) is 23.6 Å². The average molecular weight is 233 g/mol. The minimum absolute atomic E-state index is 0.454. The molecule has 0 bridgehead atoms. The molecule has 0 saturated carbocycles. The largest absolute Gasteiger partial charge is 0.480 e. The summed E-state index contributed by atoms with van der Waals surface area (Å²) in [6.45, 7) is 4.91. The topological polar surface area (TPSA) is 49.3 Å². The number of aliphatic carboxylic acids is 1. The molecule has 92 valence electrons. The molecule has 0 heterocycles. The Kier molecular flexibility index (Phi) is 3.20. The number of hydrogen-bond acceptors (Lipinski definition) is 2. The summed E-state index contributed by atoms with van der Waals surface area (Å²) < 4.78 is 0. The molecule has 3 heteroatoms. The molecule has 2 N–H and O–H groups in total. The van der Waals surface area contributed by atoms with E-state index < -0.39 is 11.5 Å². The molecule has 0 atom stereocenters. The predicted octanol–water partition coefficient (Wildman–Crippen LogP) is 1.85. The molecule has 1 aliphatic rings. The highest BCUT2D eigenvalue weighted by atomic mass is 16.4. The fraction of sp³-hybridized carbons (Fsp3) is 0.500. The van der Waals surface area contributed by atoms with Crippen molar-refractivity contribution in [3.8, 4) is 0 Å². The molecular formula is C14H19NO2. The molecule has 0 aromatic heterocycles. The van der Waals surface area contributed by atoms with Gasteiger partial charge in [0.15, 0.2) is 0 Å². The summed E-state index contributed by atoms with van der Waals surface area (Å²) in [5, 5.41) is 12.7. The maximum Gasteiger partial charge on any atom is 0.324 e. The third-order valence-corrected chi connectivity index (χ3v) is 3.36. The highest BCUT2D eigenvalue weighted by Crippen LogP contribution is 2.30. The zero-order valence-corrected chi connectivity index (χ0v) is 10.4. The smallest absolute Gasteiger partial charge is 0.324 e. The highest BCUT2D eigenvalue weighted by molar-refractivity contribution is 5.81.